The fourth-order valence-electron chi connectivity index (χ4n) is 3.64. The Balaban J connectivity index is 1.75. The summed E-state index contributed by atoms with van der Waals surface area (Å²) >= 11 is 12.0. The molecule has 2 amide bonds. The lowest BCUT2D eigenvalue weighted by atomic mass is 10.2. The van der Waals surface area contributed by atoms with Crippen LogP contribution in [0.4, 0.5) is 21.9 Å². The van der Waals surface area contributed by atoms with E-state index in [-0.39, 0.29) is 21.2 Å². The first-order valence-electron chi connectivity index (χ1n) is 11.4. The molecule has 8 nitrogen and oxygen atoms in total. The molecule has 0 saturated heterocycles. The van der Waals surface area contributed by atoms with Gasteiger partial charge in [0, 0.05) is 21.4 Å². The largest absolute Gasteiger partial charge is 0.323 e. The standard InChI is InChI=1S/C27H23Cl2N3O5S2/c1-18-6-10-25(11-7-18)38(34,35)32(39(36,37)26-12-8-19(2)9-13-26)24-5-3-4-22(17-24)30-27(33)31-23-15-20(28)14-21(29)16-23/h3-17H,1-2H3,(H2,30,31,33). The van der Waals surface area contributed by atoms with Crippen LogP contribution in [0.2, 0.25) is 10.0 Å². The highest BCUT2D eigenvalue weighted by Gasteiger charge is 2.37. The first-order chi connectivity index (χ1) is 18.4. The number of anilines is 3. The number of aryl methyl sites for hydroxylation is 2. The van der Waals surface area contributed by atoms with E-state index in [1.54, 1.807) is 38.1 Å². The number of hydrogen-bond acceptors (Lipinski definition) is 5. The Morgan fingerprint density at radius 3 is 1.59 bits per heavy atom. The first kappa shape index (κ1) is 28.4. The van der Waals surface area contributed by atoms with Crippen LogP contribution in [-0.4, -0.2) is 22.9 Å². The molecule has 0 bridgehead atoms. The number of carbonyl (C=O) groups is 1. The predicted molar refractivity (Wildman–Crippen MR) is 155 cm³/mol. The average molecular weight is 605 g/mol. The van der Waals surface area contributed by atoms with E-state index in [1.165, 1.54) is 66.7 Å². The van der Waals surface area contributed by atoms with E-state index in [4.69, 9.17) is 23.2 Å². The zero-order valence-electron chi connectivity index (χ0n) is 20.7. The van der Waals surface area contributed by atoms with Gasteiger partial charge >= 0.3 is 6.03 Å². The van der Waals surface area contributed by atoms with Crippen LogP contribution in [0.5, 0.6) is 0 Å². The summed E-state index contributed by atoms with van der Waals surface area (Å²) in [5.74, 6) is 0. The monoisotopic (exact) mass is 603 g/mol. The van der Waals surface area contributed by atoms with Crippen molar-refractivity contribution in [3.05, 3.63) is 112 Å². The van der Waals surface area contributed by atoms with Crippen molar-refractivity contribution in [2.24, 2.45) is 0 Å². The van der Waals surface area contributed by atoms with Crippen LogP contribution in [0.1, 0.15) is 11.1 Å². The number of nitrogens with one attached hydrogen (secondary N) is 2. The predicted octanol–water partition coefficient (Wildman–Crippen LogP) is 6.84. The number of nitrogens with zero attached hydrogens (tertiary/aromatic N) is 1. The smallest absolute Gasteiger partial charge is 0.308 e. The van der Waals surface area contributed by atoms with Crippen molar-refractivity contribution < 1.29 is 21.6 Å². The van der Waals surface area contributed by atoms with Crippen LogP contribution in [0, 0.1) is 13.8 Å². The highest BCUT2D eigenvalue weighted by atomic mass is 35.5. The van der Waals surface area contributed by atoms with E-state index in [0.717, 1.165) is 11.1 Å². The summed E-state index contributed by atoms with van der Waals surface area (Å²) in [6, 6.07) is 21.0. The maximum absolute atomic E-state index is 13.8. The number of rotatable bonds is 7. The van der Waals surface area contributed by atoms with Gasteiger partial charge in [-0.2, -0.15) is 3.71 Å². The lowest BCUT2D eigenvalue weighted by Gasteiger charge is -2.25. The number of hydrogen-bond donors (Lipinski definition) is 2. The topological polar surface area (TPSA) is 113 Å². The molecule has 39 heavy (non-hydrogen) atoms. The lowest BCUT2D eigenvalue weighted by molar-refractivity contribution is 0.262. The Morgan fingerprint density at radius 2 is 1.10 bits per heavy atom. The van der Waals surface area contributed by atoms with Gasteiger partial charge in [-0.05, 0) is 74.5 Å². The molecule has 0 aromatic heterocycles. The van der Waals surface area contributed by atoms with Gasteiger partial charge in [-0.15, -0.1) is 0 Å². The molecule has 0 saturated carbocycles. The normalized spacial score (nSPS) is 11.6. The average Bonchev–Trinajstić information content (AvgIpc) is 2.84. The Labute approximate surface area is 237 Å². The van der Waals surface area contributed by atoms with Gasteiger partial charge in [0.1, 0.15) is 0 Å². The third-order valence-electron chi connectivity index (χ3n) is 5.51. The molecule has 0 heterocycles. The van der Waals surface area contributed by atoms with E-state index in [0.29, 0.717) is 19.4 Å². The Kier molecular flexibility index (Phi) is 8.22. The zero-order chi connectivity index (χ0) is 28.4. The van der Waals surface area contributed by atoms with Gasteiger partial charge in [0.15, 0.2) is 0 Å². The minimum atomic E-state index is -4.60. The molecular weight excluding hydrogens is 581 g/mol. The third kappa shape index (κ3) is 6.54. The molecular formula is C27H23Cl2N3O5S2. The van der Waals surface area contributed by atoms with Crippen molar-refractivity contribution in [1.82, 2.24) is 0 Å². The number of halogens is 2. The summed E-state index contributed by atoms with van der Waals surface area (Å²) in [6.45, 7) is 3.57. The van der Waals surface area contributed by atoms with Crippen molar-refractivity contribution in [2.75, 3.05) is 14.3 Å². The molecule has 0 spiro atoms. The number of urea groups is 1. The summed E-state index contributed by atoms with van der Waals surface area (Å²) in [5, 5.41) is 5.78. The van der Waals surface area contributed by atoms with Crippen LogP contribution >= 0.6 is 23.2 Å². The summed E-state index contributed by atoms with van der Waals surface area (Å²) in [5.41, 5.74) is 1.88. The summed E-state index contributed by atoms with van der Waals surface area (Å²) in [7, 11) is -9.20. The van der Waals surface area contributed by atoms with Gasteiger partial charge in [0.05, 0.1) is 15.5 Å². The molecule has 0 aliphatic heterocycles. The number of benzene rings is 4. The fraction of sp³-hybridized carbons (Fsp3) is 0.0741. The van der Waals surface area contributed by atoms with Gasteiger partial charge in [-0.3, -0.25) is 0 Å². The molecule has 4 aromatic rings. The van der Waals surface area contributed by atoms with Crippen molar-refractivity contribution in [3.8, 4) is 0 Å². The van der Waals surface area contributed by atoms with Gasteiger partial charge in [-0.25, -0.2) is 21.6 Å². The number of carbonyl (C=O) groups excluding carboxylic acids is 1. The van der Waals surface area contributed by atoms with Crippen molar-refractivity contribution in [1.29, 1.82) is 0 Å². The third-order valence-corrected chi connectivity index (χ3v) is 10.2. The Bertz CT molecular complexity index is 1650. The van der Waals surface area contributed by atoms with Crippen molar-refractivity contribution in [3.63, 3.8) is 0 Å². The molecule has 0 radical (unpaired) electrons. The van der Waals surface area contributed by atoms with Crippen molar-refractivity contribution >= 4 is 66.3 Å². The Hall–Kier alpha value is -3.57. The fourth-order valence-corrected chi connectivity index (χ4v) is 7.84. The van der Waals surface area contributed by atoms with Gasteiger partial charge in [-0.1, -0.05) is 64.7 Å². The molecule has 0 fully saturated rings. The van der Waals surface area contributed by atoms with E-state index in [9.17, 15) is 21.6 Å². The minimum Gasteiger partial charge on any atom is -0.308 e. The molecule has 4 aromatic carbocycles. The highest BCUT2D eigenvalue weighted by molar-refractivity contribution is 8.10. The van der Waals surface area contributed by atoms with E-state index in [1.807, 2.05) is 0 Å². The van der Waals surface area contributed by atoms with E-state index in [2.05, 4.69) is 10.6 Å². The molecule has 0 unspecified atom stereocenters. The second-order valence-corrected chi connectivity index (χ2v) is 13.3. The van der Waals surface area contributed by atoms with Crippen molar-refractivity contribution in [2.45, 2.75) is 23.6 Å². The van der Waals surface area contributed by atoms with Crippen LogP contribution in [0.3, 0.4) is 0 Å². The summed E-state index contributed by atoms with van der Waals surface area (Å²) < 4.78 is 55.5. The maximum Gasteiger partial charge on any atom is 0.323 e. The Morgan fingerprint density at radius 1 is 0.641 bits per heavy atom. The van der Waals surface area contributed by atoms with Gasteiger partial charge < -0.3 is 10.6 Å². The van der Waals surface area contributed by atoms with Crippen LogP contribution in [-0.2, 0) is 20.0 Å². The molecule has 0 aliphatic carbocycles. The molecule has 202 valence electrons. The zero-order valence-corrected chi connectivity index (χ0v) is 23.9. The summed E-state index contributed by atoms with van der Waals surface area (Å²) in [6.07, 6.45) is 0. The van der Waals surface area contributed by atoms with Crippen LogP contribution < -0.4 is 14.3 Å². The number of amides is 2. The molecule has 12 heteroatoms. The molecule has 4 rings (SSSR count). The lowest BCUT2D eigenvalue weighted by Crippen LogP contribution is -2.37. The molecule has 0 atom stereocenters. The highest BCUT2D eigenvalue weighted by Crippen LogP contribution is 2.33. The molecule has 2 N–H and O–H groups in total. The summed E-state index contributed by atoms with van der Waals surface area (Å²) in [4.78, 5) is 12.2. The van der Waals surface area contributed by atoms with E-state index >= 15 is 0 Å². The SMILES string of the molecule is Cc1ccc(S(=O)(=O)N(c2cccc(NC(=O)Nc3cc(Cl)cc(Cl)c3)c2)S(=O)(=O)c2ccc(C)cc2)cc1. The van der Waals surface area contributed by atoms with Gasteiger partial charge in [0.2, 0.25) is 0 Å². The minimum absolute atomic E-state index is 0.140. The van der Waals surface area contributed by atoms with Crippen LogP contribution in [0.15, 0.2) is 101 Å². The second kappa shape index (κ2) is 11.3. The molecule has 0 aliphatic rings. The number of sulfonamides is 2. The van der Waals surface area contributed by atoms with Crippen LogP contribution in [0.25, 0.3) is 0 Å². The quantitative estimate of drug-likeness (QED) is 0.240. The van der Waals surface area contributed by atoms with E-state index < -0.39 is 26.1 Å². The first-order valence-corrected chi connectivity index (χ1v) is 15.1. The second-order valence-electron chi connectivity index (χ2n) is 8.62. The maximum atomic E-state index is 13.8. The van der Waals surface area contributed by atoms with Gasteiger partial charge in [0.25, 0.3) is 20.0 Å².